The normalized spacial score (nSPS) is 15.0. The number of anilines is 1. The van der Waals surface area contributed by atoms with Crippen LogP contribution in [0, 0.1) is 6.92 Å². The maximum atomic E-state index is 12.0. The number of rotatable bonds is 2. The van der Waals surface area contributed by atoms with Crippen LogP contribution in [-0.4, -0.2) is 35.4 Å². The quantitative estimate of drug-likeness (QED) is 0.795. The molecule has 0 N–H and O–H groups in total. The SMILES string of the molecule is Cc1nc(N2C(=O)CN(C)C2=O)ccc1-c1ccccc1. The molecule has 0 bridgehead atoms. The van der Waals surface area contributed by atoms with Crippen LogP contribution in [0.25, 0.3) is 11.1 Å². The third kappa shape index (κ3) is 2.27. The molecule has 5 nitrogen and oxygen atoms in total. The van der Waals surface area contributed by atoms with Crippen molar-refractivity contribution in [2.45, 2.75) is 6.92 Å². The van der Waals surface area contributed by atoms with Gasteiger partial charge in [0.1, 0.15) is 12.4 Å². The number of carbonyl (C=O) groups excluding carboxylic acids is 2. The van der Waals surface area contributed by atoms with Crippen molar-refractivity contribution < 1.29 is 9.59 Å². The van der Waals surface area contributed by atoms with Crippen molar-refractivity contribution in [3.05, 3.63) is 48.2 Å². The summed E-state index contributed by atoms with van der Waals surface area (Å²) in [5.74, 6) is 0.133. The minimum atomic E-state index is -0.334. The molecule has 0 radical (unpaired) electrons. The molecule has 0 atom stereocenters. The Morgan fingerprint density at radius 2 is 1.76 bits per heavy atom. The van der Waals surface area contributed by atoms with Crippen molar-refractivity contribution in [3.63, 3.8) is 0 Å². The largest absolute Gasteiger partial charge is 0.332 e. The number of carbonyl (C=O) groups is 2. The van der Waals surface area contributed by atoms with Gasteiger partial charge >= 0.3 is 6.03 Å². The van der Waals surface area contributed by atoms with Crippen molar-refractivity contribution in [1.29, 1.82) is 0 Å². The van der Waals surface area contributed by atoms with Crippen LogP contribution in [0.5, 0.6) is 0 Å². The number of benzene rings is 1. The van der Waals surface area contributed by atoms with Gasteiger partial charge in [0.2, 0.25) is 0 Å². The highest BCUT2D eigenvalue weighted by molar-refractivity contribution is 6.19. The lowest BCUT2D eigenvalue weighted by molar-refractivity contribution is -0.116. The lowest BCUT2D eigenvalue weighted by Crippen LogP contribution is -2.32. The molecule has 106 valence electrons. The molecular formula is C16H15N3O2. The van der Waals surface area contributed by atoms with Gasteiger partial charge in [0.05, 0.1) is 0 Å². The first-order valence-corrected chi connectivity index (χ1v) is 6.69. The molecular weight excluding hydrogens is 266 g/mol. The smallest absolute Gasteiger partial charge is 0.318 e. The number of aryl methyl sites for hydroxylation is 1. The molecule has 2 heterocycles. The number of hydrogen-bond donors (Lipinski definition) is 0. The average Bonchev–Trinajstić information content (AvgIpc) is 2.73. The molecule has 21 heavy (non-hydrogen) atoms. The first-order valence-electron chi connectivity index (χ1n) is 6.69. The molecule has 1 aliphatic heterocycles. The molecule has 3 rings (SSSR count). The molecule has 1 aromatic carbocycles. The third-order valence-corrected chi connectivity index (χ3v) is 3.52. The minimum Gasteiger partial charge on any atom is -0.318 e. The summed E-state index contributed by atoms with van der Waals surface area (Å²) in [7, 11) is 1.60. The second-order valence-electron chi connectivity index (χ2n) is 5.04. The summed E-state index contributed by atoms with van der Waals surface area (Å²) >= 11 is 0. The molecule has 5 heteroatoms. The number of urea groups is 1. The highest BCUT2D eigenvalue weighted by Gasteiger charge is 2.35. The number of likely N-dealkylation sites (N-methyl/N-ethyl adjacent to an activating group) is 1. The minimum absolute atomic E-state index is 0.0972. The fraction of sp³-hybridized carbons (Fsp3) is 0.188. The van der Waals surface area contributed by atoms with Crippen LogP contribution in [0.15, 0.2) is 42.5 Å². The van der Waals surface area contributed by atoms with Crippen molar-refractivity contribution in [2.75, 3.05) is 18.5 Å². The Bertz CT molecular complexity index is 713. The summed E-state index contributed by atoms with van der Waals surface area (Å²) in [4.78, 5) is 30.8. The van der Waals surface area contributed by atoms with E-state index in [0.29, 0.717) is 5.82 Å². The summed E-state index contributed by atoms with van der Waals surface area (Å²) in [5.41, 5.74) is 2.84. The summed E-state index contributed by atoms with van der Waals surface area (Å²) in [6.45, 7) is 1.97. The molecule has 0 spiro atoms. The van der Waals surface area contributed by atoms with Crippen LogP contribution in [0.1, 0.15) is 5.69 Å². The van der Waals surface area contributed by atoms with Gasteiger partial charge in [-0.15, -0.1) is 0 Å². The van der Waals surface area contributed by atoms with E-state index >= 15 is 0 Å². The van der Waals surface area contributed by atoms with Gasteiger partial charge in [-0.3, -0.25) is 4.79 Å². The predicted molar refractivity (Wildman–Crippen MR) is 79.9 cm³/mol. The second-order valence-corrected chi connectivity index (χ2v) is 5.04. The Labute approximate surface area is 122 Å². The lowest BCUT2D eigenvalue weighted by Gasteiger charge is -2.15. The van der Waals surface area contributed by atoms with Gasteiger partial charge in [-0.25, -0.2) is 14.7 Å². The first kappa shape index (κ1) is 13.3. The number of amides is 3. The molecule has 2 aromatic rings. The van der Waals surface area contributed by atoms with Crippen molar-refractivity contribution in [2.24, 2.45) is 0 Å². The van der Waals surface area contributed by atoms with Crippen LogP contribution in [0.4, 0.5) is 10.6 Å². The van der Waals surface area contributed by atoms with E-state index in [9.17, 15) is 9.59 Å². The number of hydrogen-bond acceptors (Lipinski definition) is 3. The topological polar surface area (TPSA) is 53.5 Å². The molecule has 0 aliphatic carbocycles. The van der Waals surface area contributed by atoms with Gasteiger partial charge in [0.15, 0.2) is 0 Å². The summed E-state index contributed by atoms with van der Waals surface area (Å²) < 4.78 is 0. The Morgan fingerprint density at radius 3 is 2.33 bits per heavy atom. The summed E-state index contributed by atoms with van der Waals surface area (Å²) in [6.07, 6.45) is 0. The maximum absolute atomic E-state index is 12.0. The van der Waals surface area contributed by atoms with Crippen LogP contribution in [0.3, 0.4) is 0 Å². The molecule has 0 unspecified atom stereocenters. The number of imide groups is 1. The van der Waals surface area contributed by atoms with Crippen molar-refractivity contribution >= 4 is 17.8 Å². The monoisotopic (exact) mass is 281 g/mol. The van der Waals surface area contributed by atoms with Gasteiger partial charge < -0.3 is 4.90 Å². The summed E-state index contributed by atoms with van der Waals surface area (Å²) in [5, 5.41) is 0. The fourth-order valence-electron chi connectivity index (χ4n) is 2.44. The average molecular weight is 281 g/mol. The Balaban J connectivity index is 1.99. The Morgan fingerprint density at radius 1 is 1.05 bits per heavy atom. The first-order chi connectivity index (χ1) is 10.1. The summed E-state index contributed by atoms with van der Waals surface area (Å²) in [6, 6.07) is 13.2. The number of nitrogens with zero attached hydrogens (tertiary/aromatic N) is 3. The van der Waals surface area contributed by atoms with Gasteiger partial charge in [-0.05, 0) is 24.6 Å². The van der Waals surface area contributed by atoms with E-state index in [2.05, 4.69) is 4.98 Å². The van der Waals surface area contributed by atoms with E-state index < -0.39 is 0 Å². The molecule has 1 aromatic heterocycles. The Hall–Kier alpha value is -2.69. The van der Waals surface area contributed by atoms with Crippen LogP contribution in [0.2, 0.25) is 0 Å². The molecule has 1 aliphatic rings. The van der Waals surface area contributed by atoms with E-state index in [1.165, 1.54) is 4.90 Å². The Kier molecular flexibility index (Phi) is 3.17. The van der Waals surface area contributed by atoms with Gasteiger partial charge in [-0.1, -0.05) is 30.3 Å². The zero-order chi connectivity index (χ0) is 15.0. The maximum Gasteiger partial charge on any atom is 0.332 e. The van der Waals surface area contributed by atoms with E-state index in [1.54, 1.807) is 13.1 Å². The second kappa shape index (κ2) is 5.01. The standard InChI is InChI=1S/C16H15N3O2/c1-11-13(12-6-4-3-5-7-12)8-9-14(17-11)19-15(20)10-18(2)16(19)21/h3-9H,10H2,1-2H3. The van der Waals surface area contributed by atoms with Gasteiger partial charge in [0.25, 0.3) is 5.91 Å². The number of pyridine rings is 1. The fourth-order valence-corrected chi connectivity index (χ4v) is 2.44. The van der Waals surface area contributed by atoms with Crippen LogP contribution in [-0.2, 0) is 4.79 Å². The predicted octanol–water partition coefficient (Wildman–Crippen LogP) is 2.46. The number of aromatic nitrogens is 1. The van der Waals surface area contributed by atoms with E-state index in [-0.39, 0.29) is 18.5 Å². The van der Waals surface area contributed by atoms with Crippen LogP contribution >= 0.6 is 0 Å². The third-order valence-electron chi connectivity index (χ3n) is 3.52. The highest BCUT2D eigenvalue weighted by atomic mass is 16.2. The van der Waals surface area contributed by atoms with E-state index in [0.717, 1.165) is 21.7 Å². The molecule has 1 fully saturated rings. The van der Waals surface area contributed by atoms with E-state index in [1.807, 2.05) is 43.3 Å². The molecule has 3 amide bonds. The van der Waals surface area contributed by atoms with Gasteiger partial charge in [-0.2, -0.15) is 0 Å². The molecule has 0 saturated carbocycles. The van der Waals surface area contributed by atoms with E-state index in [4.69, 9.17) is 0 Å². The van der Waals surface area contributed by atoms with Gasteiger partial charge in [0, 0.05) is 18.3 Å². The van der Waals surface area contributed by atoms with Crippen LogP contribution < -0.4 is 4.90 Å². The molecule has 1 saturated heterocycles. The van der Waals surface area contributed by atoms with Crippen molar-refractivity contribution in [1.82, 2.24) is 9.88 Å². The zero-order valence-electron chi connectivity index (χ0n) is 11.9. The highest BCUT2D eigenvalue weighted by Crippen LogP contribution is 2.26. The van der Waals surface area contributed by atoms with Crippen molar-refractivity contribution in [3.8, 4) is 11.1 Å². The lowest BCUT2D eigenvalue weighted by atomic mass is 10.0. The zero-order valence-corrected chi connectivity index (χ0v) is 11.9.